The van der Waals surface area contributed by atoms with Crippen molar-refractivity contribution in [1.82, 2.24) is 0 Å². The second-order valence-electron chi connectivity index (χ2n) is 6.52. The van der Waals surface area contributed by atoms with Gasteiger partial charge in [0.15, 0.2) is 0 Å². The number of phenolic OH excluding ortho intramolecular Hbond substituents is 2. The maximum absolute atomic E-state index is 9.38. The predicted molar refractivity (Wildman–Crippen MR) is 104 cm³/mol. The molecule has 3 nitrogen and oxygen atoms in total. The number of phenols is 2. The van der Waals surface area contributed by atoms with E-state index in [0.717, 1.165) is 31.4 Å². The van der Waals surface area contributed by atoms with Crippen LogP contribution in [0.15, 0.2) is 66.7 Å². The fourth-order valence-corrected chi connectivity index (χ4v) is 3.04. The van der Waals surface area contributed by atoms with Crippen LogP contribution in [0.2, 0.25) is 0 Å². The third kappa shape index (κ3) is 5.03. The zero-order valence-electron chi connectivity index (χ0n) is 15.0. The Balaban J connectivity index is 1.67. The number of hydrogen-bond acceptors (Lipinski definition) is 3. The minimum Gasteiger partial charge on any atom is -0.508 e. The van der Waals surface area contributed by atoms with Gasteiger partial charge in [0.05, 0.1) is 7.11 Å². The molecule has 0 unspecified atom stereocenters. The quantitative estimate of drug-likeness (QED) is 0.652. The van der Waals surface area contributed by atoms with E-state index >= 15 is 0 Å². The van der Waals surface area contributed by atoms with Crippen LogP contribution in [0, 0.1) is 0 Å². The molecule has 0 atom stereocenters. The lowest BCUT2D eigenvalue weighted by Crippen LogP contribution is -1.97. The predicted octanol–water partition coefficient (Wildman–Crippen LogP) is 4.68. The van der Waals surface area contributed by atoms with Crippen molar-refractivity contribution in [3.05, 3.63) is 89.0 Å². The standard InChI is InChI=1S/C23H24O3/c1-26-23-15-19(4-2-17-6-10-21(24)11-7-17)14-20(16-23)5-3-18-8-12-22(25)13-9-18/h6-16,24-25H,2-5H2,1H3. The van der Waals surface area contributed by atoms with E-state index < -0.39 is 0 Å². The van der Waals surface area contributed by atoms with Gasteiger partial charge in [-0.05, 0) is 84.3 Å². The van der Waals surface area contributed by atoms with Crippen molar-refractivity contribution in [3.63, 3.8) is 0 Å². The maximum Gasteiger partial charge on any atom is 0.119 e. The SMILES string of the molecule is COc1cc(CCc2ccc(O)cc2)cc(CCc2ccc(O)cc2)c1. The minimum atomic E-state index is 0.298. The molecule has 0 amide bonds. The maximum atomic E-state index is 9.38. The van der Waals surface area contributed by atoms with Gasteiger partial charge in [-0.25, -0.2) is 0 Å². The van der Waals surface area contributed by atoms with Gasteiger partial charge in [-0.15, -0.1) is 0 Å². The van der Waals surface area contributed by atoms with Gasteiger partial charge in [0.25, 0.3) is 0 Å². The fourth-order valence-electron chi connectivity index (χ4n) is 3.04. The highest BCUT2D eigenvalue weighted by molar-refractivity contribution is 5.36. The summed E-state index contributed by atoms with van der Waals surface area (Å²) in [5.41, 5.74) is 4.91. The molecule has 0 spiro atoms. The molecule has 0 fully saturated rings. The first-order chi connectivity index (χ1) is 12.6. The van der Waals surface area contributed by atoms with Gasteiger partial charge < -0.3 is 14.9 Å². The molecule has 134 valence electrons. The molecular formula is C23H24O3. The van der Waals surface area contributed by atoms with Crippen LogP contribution in [0.3, 0.4) is 0 Å². The van der Waals surface area contributed by atoms with Crippen LogP contribution in [0.4, 0.5) is 0 Å². The highest BCUT2D eigenvalue weighted by atomic mass is 16.5. The molecule has 26 heavy (non-hydrogen) atoms. The first-order valence-corrected chi connectivity index (χ1v) is 8.85. The van der Waals surface area contributed by atoms with Gasteiger partial charge >= 0.3 is 0 Å². The summed E-state index contributed by atoms with van der Waals surface area (Å²) in [6.07, 6.45) is 3.69. The Kier molecular flexibility index (Phi) is 5.80. The smallest absolute Gasteiger partial charge is 0.119 e. The number of hydrogen-bond donors (Lipinski definition) is 2. The molecule has 3 aromatic rings. The molecule has 2 N–H and O–H groups in total. The van der Waals surface area contributed by atoms with Crippen LogP contribution >= 0.6 is 0 Å². The van der Waals surface area contributed by atoms with Crippen LogP contribution in [-0.2, 0) is 25.7 Å². The van der Waals surface area contributed by atoms with Gasteiger partial charge in [0.1, 0.15) is 17.2 Å². The summed E-state index contributed by atoms with van der Waals surface area (Å²) >= 11 is 0. The first kappa shape index (κ1) is 17.9. The van der Waals surface area contributed by atoms with Crippen molar-refractivity contribution in [2.45, 2.75) is 25.7 Å². The Morgan fingerprint density at radius 2 is 0.962 bits per heavy atom. The Hall–Kier alpha value is -2.94. The van der Waals surface area contributed by atoms with E-state index in [-0.39, 0.29) is 0 Å². The van der Waals surface area contributed by atoms with Gasteiger partial charge in [-0.1, -0.05) is 30.3 Å². The monoisotopic (exact) mass is 348 g/mol. The molecule has 3 aromatic carbocycles. The number of aryl methyl sites for hydroxylation is 4. The summed E-state index contributed by atoms with van der Waals surface area (Å²) in [6, 6.07) is 21.2. The third-order valence-electron chi connectivity index (χ3n) is 4.54. The average Bonchev–Trinajstić information content (AvgIpc) is 2.67. The summed E-state index contributed by atoms with van der Waals surface area (Å²) in [4.78, 5) is 0. The van der Waals surface area contributed by atoms with Crippen LogP contribution in [-0.4, -0.2) is 17.3 Å². The van der Waals surface area contributed by atoms with Crippen molar-refractivity contribution >= 4 is 0 Å². The number of methoxy groups -OCH3 is 1. The highest BCUT2D eigenvalue weighted by Crippen LogP contribution is 2.21. The zero-order valence-corrected chi connectivity index (χ0v) is 15.0. The summed E-state index contributed by atoms with van der Waals surface area (Å²) in [5.74, 6) is 1.48. The van der Waals surface area contributed by atoms with Crippen molar-refractivity contribution in [2.24, 2.45) is 0 Å². The van der Waals surface area contributed by atoms with Gasteiger partial charge in [0.2, 0.25) is 0 Å². The summed E-state index contributed by atoms with van der Waals surface area (Å²) in [7, 11) is 1.70. The summed E-state index contributed by atoms with van der Waals surface area (Å²) in [6.45, 7) is 0. The largest absolute Gasteiger partial charge is 0.508 e. The highest BCUT2D eigenvalue weighted by Gasteiger charge is 2.04. The van der Waals surface area contributed by atoms with Gasteiger partial charge in [0, 0.05) is 0 Å². The van der Waals surface area contributed by atoms with Crippen LogP contribution in [0.5, 0.6) is 17.2 Å². The van der Waals surface area contributed by atoms with Crippen molar-refractivity contribution < 1.29 is 14.9 Å². The minimum absolute atomic E-state index is 0.298. The molecular weight excluding hydrogens is 324 g/mol. The molecule has 0 heterocycles. The van der Waals surface area contributed by atoms with E-state index in [1.54, 1.807) is 31.4 Å². The molecule has 0 aliphatic rings. The molecule has 0 saturated heterocycles. The van der Waals surface area contributed by atoms with E-state index in [0.29, 0.717) is 11.5 Å². The van der Waals surface area contributed by atoms with E-state index in [1.165, 1.54) is 22.3 Å². The second kappa shape index (κ2) is 8.43. The molecule has 0 aliphatic carbocycles. The molecule has 0 aromatic heterocycles. The molecule has 0 saturated carbocycles. The molecule has 0 radical (unpaired) electrons. The van der Waals surface area contributed by atoms with Gasteiger partial charge in [-0.3, -0.25) is 0 Å². The Bertz CT molecular complexity index is 769. The number of benzene rings is 3. The lowest BCUT2D eigenvalue weighted by atomic mass is 9.98. The van der Waals surface area contributed by atoms with Crippen molar-refractivity contribution in [2.75, 3.05) is 7.11 Å². The summed E-state index contributed by atoms with van der Waals surface area (Å²) in [5, 5.41) is 18.8. The van der Waals surface area contributed by atoms with Crippen LogP contribution in [0.1, 0.15) is 22.3 Å². The summed E-state index contributed by atoms with van der Waals surface area (Å²) < 4.78 is 5.46. The number of rotatable bonds is 7. The fraction of sp³-hybridized carbons (Fsp3) is 0.217. The number of aromatic hydroxyl groups is 2. The lowest BCUT2D eigenvalue weighted by molar-refractivity contribution is 0.413. The molecule has 0 aliphatic heterocycles. The average molecular weight is 348 g/mol. The van der Waals surface area contributed by atoms with Crippen LogP contribution < -0.4 is 4.74 Å². The first-order valence-electron chi connectivity index (χ1n) is 8.85. The lowest BCUT2D eigenvalue weighted by Gasteiger charge is -2.10. The normalized spacial score (nSPS) is 10.7. The van der Waals surface area contributed by atoms with Crippen LogP contribution in [0.25, 0.3) is 0 Å². The topological polar surface area (TPSA) is 49.7 Å². The molecule has 0 bridgehead atoms. The van der Waals surface area contributed by atoms with Crippen molar-refractivity contribution in [3.8, 4) is 17.2 Å². The van der Waals surface area contributed by atoms with Crippen molar-refractivity contribution in [1.29, 1.82) is 0 Å². The Morgan fingerprint density at radius 1 is 0.577 bits per heavy atom. The van der Waals surface area contributed by atoms with E-state index in [4.69, 9.17) is 4.74 Å². The Morgan fingerprint density at radius 3 is 1.35 bits per heavy atom. The molecule has 3 heteroatoms. The van der Waals surface area contributed by atoms with E-state index in [2.05, 4.69) is 18.2 Å². The Labute approximate surface area is 154 Å². The number of ether oxygens (including phenoxy) is 1. The zero-order chi connectivity index (χ0) is 18.4. The van der Waals surface area contributed by atoms with E-state index in [1.807, 2.05) is 24.3 Å². The second-order valence-corrected chi connectivity index (χ2v) is 6.52. The molecule has 3 rings (SSSR count). The van der Waals surface area contributed by atoms with E-state index in [9.17, 15) is 10.2 Å². The third-order valence-corrected chi connectivity index (χ3v) is 4.54. The van der Waals surface area contributed by atoms with Gasteiger partial charge in [-0.2, -0.15) is 0 Å².